The van der Waals surface area contributed by atoms with Gasteiger partial charge in [0.15, 0.2) is 0 Å². The fraction of sp³-hybridized carbons (Fsp3) is 0.684. The fourth-order valence-corrected chi connectivity index (χ4v) is 7.18. The van der Waals surface area contributed by atoms with E-state index in [-0.39, 0.29) is 10.7 Å². The number of thioether (sulfide) groups is 1. The number of fused-ring (bicyclic) bond motifs is 3. The average molecular weight is 343 g/mol. The third kappa shape index (κ3) is 2.24. The second kappa shape index (κ2) is 5.73. The van der Waals surface area contributed by atoms with Crippen LogP contribution in [0.25, 0.3) is 0 Å². The highest BCUT2D eigenvalue weighted by Crippen LogP contribution is 2.57. The third-order valence-corrected chi connectivity index (χ3v) is 8.48. The Morgan fingerprint density at radius 3 is 3.04 bits per heavy atom. The molecular weight excluding hydrogens is 318 g/mol. The molecule has 0 aromatic carbocycles. The molecule has 0 aromatic heterocycles. The van der Waals surface area contributed by atoms with Gasteiger partial charge in [0, 0.05) is 24.6 Å². The lowest BCUT2D eigenvalue weighted by atomic mass is 9.73. The van der Waals surface area contributed by atoms with Crippen LogP contribution in [0.3, 0.4) is 0 Å². The molecule has 1 spiro atoms. The number of carbonyl (C=O) groups excluding carboxylic acids is 1. The zero-order chi connectivity index (χ0) is 16.1. The van der Waals surface area contributed by atoms with E-state index in [0.29, 0.717) is 23.8 Å². The summed E-state index contributed by atoms with van der Waals surface area (Å²) in [6, 6.07) is 0.375. The minimum atomic E-state index is 0.0561. The van der Waals surface area contributed by atoms with Crippen molar-refractivity contribution in [3.63, 3.8) is 0 Å². The molecule has 0 saturated carbocycles. The van der Waals surface area contributed by atoms with Gasteiger partial charge in [0.25, 0.3) is 0 Å². The van der Waals surface area contributed by atoms with E-state index in [4.69, 9.17) is 0 Å². The highest BCUT2D eigenvalue weighted by molar-refractivity contribution is 8.01. The summed E-state index contributed by atoms with van der Waals surface area (Å²) in [6.45, 7) is 3.50. The minimum Gasteiger partial charge on any atom is -0.352 e. The SMILES string of the molecule is O=C(NC1CN2CCC1CC2)C1CSC23CC=CC=C2N=CCC13. The summed E-state index contributed by atoms with van der Waals surface area (Å²) in [5, 5.41) is 3.44. The van der Waals surface area contributed by atoms with Crippen molar-refractivity contribution in [2.24, 2.45) is 22.7 Å². The topological polar surface area (TPSA) is 44.7 Å². The number of amides is 1. The number of allylic oxidation sites excluding steroid dienone is 3. The Morgan fingerprint density at radius 2 is 2.25 bits per heavy atom. The normalized spacial score (nSPS) is 45.5. The van der Waals surface area contributed by atoms with E-state index in [9.17, 15) is 4.79 Å². The van der Waals surface area contributed by atoms with Gasteiger partial charge in [-0.3, -0.25) is 9.79 Å². The molecule has 6 rings (SSSR count). The Balaban J connectivity index is 1.33. The van der Waals surface area contributed by atoms with Crippen LogP contribution in [0.15, 0.2) is 28.9 Å². The molecule has 4 nitrogen and oxygen atoms in total. The molecule has 1 aliphatic carbocycles. The van der Waals surface area contributed by atoms with E-state index in [2.05, 4.69) is 33.4 Å². The molecule has 5 aliphatic heterocycles. The number of nitrogens with zero attached hydrogens (tertiary/aromatic N) is 2. The summed E-state index contributed by atoms with van der Waals surface area (Å²) < 4.78 is 0.0561. The van der Waals surface area contributed by atoms with Crippen molar-refractivity contribution in [3.05, 3.63) is 23.9 Å². The lowest BCUT2D eigenvalue weighted by Crippen LogP contribution is -2.58. The van der Waals surface area contributed by atoms with E-state index in [1.165, 1.54) is 31.6 Å². The molecule has 1 N–H and O–H groups in total. The molecule has 4 atom stereocenters. The highest BCUT2D eigenvalue weighted by atomic mass is 32.2. The predicted octanol–water partition coefficient (Wildman–Crippen LogP) is 2.23. The number of hydrogen-bond donors (Lipinski definition) is 1. The first-order valence-electron chi connectivity index (χ1n) is 9.33. The van der Waals surface area contributed by atoms with Crippen LogP contribution in [0.4, 0.5) is 0 Å². The Hall–Kier alpha value is -1.07. The number of hydrogen-bond acceptors (Lipinski definition) is 4. The molecular formula is C19H25N3OS. The van der Waals surface area contributed by atoms with Crippen LogP contribution >= 0.6 is 11.8 Å². The zero-order valence-electron chi connectivity index (χ0n) is 14.0. The molecule has 2 bridgehead atoms. The molecule has 24 heavy (non-hydrogen) atoms. The number of aliphatic imine (C=N–C) groups is 1. The number of rotatable bonds is 2. The molecule has 4 fully saturated rings. The number of piperidine rings is 3. The van der Waals surface area contributed by atoms with Crippen molar-refractivity contribution in [2.45, 2.75) is 36.5 Å². The Morgan fingerprint density at radius 1 is 1.38 bits per heavy atom. The first-order valence-corrected chi connectivity index (χ1v) is 10.3. The molecule has 4 unspecified atom stereocenters. The van der Waals surface area contributed by atoms with Crippen molar-refractivity contribution in [1.29, 1.82) is 0 Å². The monoisotopic (exact) mass is 343 g/mol. The van der Waals surface area contributed by atoms with Crippen LogP contribution < -0.4 is 5.32 Å². The molecule has 5 heteroatoms. The second-order valence-electron chi connectivity index (χ2n) is 7.90. The molecule has 0 radical (unpaired) electrons. The number of nitrogens with one attached hydrogen (secondary N) is 1. The first-order chi connectivity index (χ1) is 11.8. The van der Waals surface area contributed by atoms with Crippen molar-refractivity contribution >= 4 is 23.9 Å². The standard InChI is InChI=1S/C19H25N3OS/c23-18(21-16-11-22-9-5-13(16)6-10-22)14-12-24-19-7-2-1-3-17(19)20-8-4-15(14)19/h1-3,8,13-16H,4-7,9-12H2,(H,21,23). The van der Waals surface area contributed by atoms with Gasteiger partial charge in [-0.15, -0.1) is 11.8 Å². The first kappa shape index (κ1) is 15.2. The molecule has 0 aromatic rings. The van der Waals surface area contributed by atoms with Crippen molar-refractivity contribution in [1.82, 2.24) is 10.2 Å². The smallest absolute Gasteiger partial charge is 0.224 e. The molecule has 5 heterocycles. The van der Waals surface area contributed by atoms with Crippen molar-refractivity contribution < 1.29 is 4.79 Å². The van der Waals surface area contributed by atoms with Crippen LogP contribution in [-0.2, 0) is 4.79 Å². The number of carbonyl (C=O) groups is 1. The average Bonchev–Trinajstić information content (AvgIpc) is 3.01. The summed E-state index contributed by atoms with van der Waals surface area (Å²) in [6.07, 6.45) is 13.0. The van der Waals surface area contributed by atoms with Gasteiger partial charge in [0.1, 0.15) is 0 Å². The van der Waals surface area contributed by atoms with E-state index in [1.54, 1.807) is 0 Å². The summed E-state index contributed by atoms with van der Waals surface area (Å²) in [7, 11) is 0. The van der Waals surface area contributed by atoms with E-state index in [1.807, 2.05) is 18.0 Å². The third-order valence-electron chi connectivity index (χ3n) is 6.76. The molecule has 128 valence electrons. The maximum atomic E-state index is 13.1. The second-order valence-corrected chi connectivity index (χ2v) is 9.25. The summed E-state index contributed by atoms with van der Waals surface area (Å²) in [5.74, 6) is 2.46. The van der Waals surface area contributed by atoms with Crippen LogP contribution in [0.2, 0.25) is 0 Å². The Bertz CT molecular complexity index is 635. The zero-order valence-corrected chi connectivity index (χ0v) is 14.8. The van der Waals surface area contributed by atoms with Gasteiger partial charge < -0.3 is 10.2 Å². The molecule has 4 saturated heterocycles. The Kier molecular flexibility index (Phi) is 3.63. The van der Waals surface area contributed by atoms with Crippen LogP contribution in [-0.4, -0.2) is 53.2 Å². The van der Waals surface area contributed by atoms with Gasteiger partial charge in [0.2, 0.25) is 5.91 Å². The quantitative estimate of drug-likeness (QED) is 0.836. The van der Waals surface area contributed by atoms with E-state index in [0.717, 1.165) is 25.1 Å². The van der Waals surface area contributed by atoms with Gasteiger partial charge >= 0.3 is 0 Å². The highest BCUT2D eigenvalue weighted by Gasteiger charge is 2.54. The fourth-order valence-electron chi connectivity index (χ4n) is 5.36. The lowest BCUT2D eigenvalue weighted by molar-refractivity contribution is -0.128. The Labute approximate surface area is 147 Å². The van der Waals surface area contributed by atoms with E-state index < -0.39 is 0 Å². The van der Waals surface area contributed by atoms with Gasteiger partial charge in [-0.05, 0) is 56.7 Å². The lowest BCUT2D eigenvalue weighted by Gasteiger charge is -2.45. The van der Waals surface area contributed by atoms with Gasteiger partial charge in [-0.1, -0.05) is 12.2 Å². The van der Waals surface area contributed by atoms with Crippen LogP contribution in [0, 0.1) is 17.8 Å². The van der Waals surface area contributed by atoms with Crippen LogP contribution in [0.1, 0.15) is 25.7 Å². The molecule has 6 aliphatic rings. The predicted molar refractivity (Wildman–Crippen MR) is 98.2 cm³/mol. The van der Waals surface area contributed by atoms with Gasteiger partial charge in [0.05, 0.1) is 16.4 Å². The van der Waals surface area contributed by atoms with Gasteiger partial charge in [-0.2, -0.15) is 0 Å². The summed E-state index contributed by atoms with van der Waals surface area (Å²) in [5.41, 5.74) is 1.18. The largest absolute Gasteiger partial charge is 0.352 e. The minimum absolute atomic E-state index is 0.0561. The van der Waals surface area contributed by atoms with Crippen LogP contribution in [0.5, 0.6) is 0 Å². The van der Waals surface area contributed by atoms with Crippen molar-refractivity contribution in [2.75, 3.05) is 25.4 Å². The summed E-state index contributed by atoms with van der Waals surface area (Å²) in [4.78, 5) is 20.3. The molecule has 1 amide bonds. The maximum Gasteiger partial charge on any atom is 0.224 e. The maximum absolute atomic E-state index is 13.1. The summed E-state index contributed by atoms with van der Waals surface area (Å²) >= 11 is 1.97. The van der Waals surface area contributed by atoms with Crippen molar-refractivity contribution in [3.8, 4) is 0 Å². The van der Waals surface area contributed by atoms with Gasteiger partial charge in [-0.25, -0.2) is 0 Å². The van der Waals surface area contributed by atoms with E-state index >= 15 is 0 Å².